The van der Waals surface area contributed by atoms with Gasteiger partial charge >= 0.3 is 6.18 Å². The largest absolute Gasteiger partial charge is 0.416 e. The lowest BCUT2D eigenvalue weighted by Gasteiger charge is -2.36. The standard InChI is InChI=1S/C17H19F3N4O2/c1-22-15(25)6-5-14(21-22)16(26)24-9-7-23(8-10-24)13-4-2-3-12(11-13)17(18,19)20/h2-4,11H,5-10H2,1H3. The van der Waals surface area contributed by atoms with Crippen molar-refractivity contribution in [2.75, 3.05) is 38.1 Å². The zero-order valence-corrected chi connectivity index (χ0v) is 14.3. The van der Waals surface area contributed by atoms with Gasteiger partial charge in [0, 0.05) is 51.8 Å². The fraction of sp³-hybridized carbons (Fsp3) is 0.471. The smallest absolute Gasteiger partial charge is 0.368 e. The van der Waals surface area contributed by atoms with Crippen LogP contribution < -0.4 is 4.90 Å². The molecule has 2 aliphatic rings. The molecule has 2 aliphatic heterocycles. The van der Waals surface area contributed by atoms with Crippen LogP contribution in [0.4, 0.5) is 18.9 Å². The highest BCUT2D eigenvalue weighted by atomic mass is 19.4. The van der Waals surface area contributed by atoms with Crippen LogP contribution in [0.1, 0.15) is 18.4 Å². The summed E-state index contributed by atoms with van der Waals surface area (Å²) in [5.74, 6) is -0.344. The van der Waals surface area contributed by atoms with Crippen LogP contribution >= 0.6 is 0 Å². The first-order valence-corrected chi connectivity index (χ1v) is 8.31. The lowest BCUT2D eigenvalue weighted by molar-refractivity contribution is -0.137. The van der Waals surface area contributed by atoms with Crippen LogP contribution in [-0.4, -0.2) is 60.7 Å². The molecule has 0 aliphatic carbocycles. The third-order valence-electron chi connectivity index (χ3n) is 4.56. The van der Waals surface area contributed by atoms with Crippen molar-refractivity contribution in [2.45, 2.75) is 19.0 Å². The number of hydrazone groups is 1. The predicted molar refractivity (Wildman–Crippen MR) is 89.7 cm³/mol. The molecule has 3 rings (SSSR count). The van der Waals surface area contributed by atoms with Gasteiger partial charge in [-0.2, -0.15) is 18.3 Å². The summed E-state index contributed by atoms with van der Waals surface area (Å²) in [5, 5.41) is 5.20. The minimum absolute atomic E-state index is 0.129. The van der Waals surface area contributed by atoms with Crippen molar-refractivity contribution in [3.05, 3.63) is 29.8 Å². The number of rotatable bonds is 2. The van der Waals surface area contributed by atoms with E-state index in [9.17, 15) is 22.8 Å². The number of nitrogens with zero attached hydrogens (tertiary/aromatic N) is 4. The minimum Gasteiger partial charge on any atom is -0.368 e. The van der Waals surface area contributed by atoms with Crippen LogP contribution in [0, 0.1) is 0 Å². The first kappa shape index (κ1) is 18.2. The SMILES string of the molecule is CN1N=C(C(=O)N2CCN(c3cccc(C(F)(F)F)c3)CC2)CCC1=O. The highest BCUT2D eigenvalue weighted by Crippen LogP contribution is 2.31. The molecular weight excluding hydrogens is 349 g/mol. The van der Waals surface area contributed by atoms with E-state index in [0.717, 1.165) is 12.1 Å². The summed E-state index contributed by atoms with van der Waals surface area (Å²) in [4.78, 5) is 27.4. The van der Waals surface area contributed by atoms with E-state index in [0.29, 0.717) is 44.0 Å². The second-order valence-electron chi connectivity index (χ2n) is 6.29. The van der Waals surface area contributed by atoms with E-state index in [-0.39, 0.29) is 18.2 Å². The molecule has 0 unspecified atom stereocenters. The monoisotopic (exact) mass is 368 g/mol. The topological polar surface area (TPSA) is 56.2 Å². The van der Waals surface area contributed by atoms with Crippen molar-refractivity contribution in [3.8, 4) is 0 Å². The number of anilines is 1. The molecule has 0 atom stereocenters. The van der Waals surface area contributed by atoms with Gasteiger partial charge in [-0.25, -0.2) is 5.01 Å². The molecule has 1 saturated heterocycles. The van der Waals surface area contributed by atoms with E-state index < -0.39 is 11.7 Å². The van der Waals surface area contributed by atoms with Crippen LogP contribution in [0.25, 0.3) is 0 Å². The van der Waals surface area contributed by atoms with Crippen LogP contribution in [0.2, 0.25) is 0 Å². The molecule has 2 amide bonds. The van der Waals surface area contributed by atoms with E-state index in [4.69, 9.17) is 0 Å². The molecule has 0 N–H and O–H groups in total. The number of piperazine rings is 1. The Morgan fingerprint density at radius 1 is 1.12 bits per heavy atom. The Balaban J connectivity index is 1.64. The van der Waals surface area contributed by atoms with Crippen LogP contribution in [0.15, 0.2) is 29.4 Å². The van der Waals surface area contributed by atoms with Crippen molar-refractivity contribution in [1.82, 2.24) is 9.91 Å². The Morgan fingerprint density at radius 3 is 2.42 bits per heavy atom. The number of hydrogen-bond acceptors (Lipinski definition) is 4. The van der Waals surface area contributed by atoms with Gasteiger partial charge in [0.2, 0.25) is 5.91 Å². The van der Waals surface area contributed by atoms with Gasteiger partial charge < -0.3 is 9.80 Å². The Bertz CT molecular complexity index is 740. The van der Waals surface area contributed by atoms with Crippen molar-refractivity contribution >= 4 is 23.2 Å². The maximum Gasteiger partial charge on any atom is 0.416 e. The molecular formula is C17H19F3N4O2. The molecule has 0 saturated carbocycles. The Morgan fingerprint density at radius 2 is 1.81 bits per heavy atom. The molecule has 0 spiro atoms. The zero-order chi connectivity index (χ0) is 18.9. The molecule has 1 aromatic carbocycles. The average molecular weight is 368 g/mol. The number of carbonyl (C=O) groups is 2. The molecule has 1 fully saturated rings. The second-order valence-corrected chi connectivity index (χ2v) is 6.29. The van der Waals surface area contributed by atoms with Gasteiger partial charge in [-0.1, -0.05) is 6.07 Å². The Kier molecular flexibility index (Phi) is 4.88. The molecule has 2 heterocycles. The molecule has 0 aromatic heterocycles. The van der Waals surface area contributed by atoms with Crippen molar-refractivity contribution in [3.63, 3.8) is 0 Å². The van der Waals surface area contributed by atoms with E-state index in [1.165, 1.54) is 18.1 Å². The highest BCUT2D eigenvalue weighted by Gasteiger charge is 2.32. The summed E-state index contributed by atoms with van der Waals surface area (Å²) in [6.07, 6.45) is -3.81. The maximum absolute atomic E-state index is 12.9. The lowest BCUT2D eigenvalue weighted by atomic mass is 10.1. The van der Waals surface area contributed by atoms with Gasteiger partial charge in [0.1, 0.15) is 5.71 Å². The molecule has 0 bridgehead atoms. The van der Waals surface area contributed by atoms with Gasteiger partial charge in [-0.3, -0.25) is 9.59 Å². The van der Waals surface area contributed by atoms with E-state index >= 15 is 0 Å². The summed E-state index contributed by atoms with van der Waals surface area (Å²) >= 11 is 0. The zero-order valence-electron chi connectivity index (χ0n) is 14.3. The number of halogens is 3. The van der Waals surface area contributed by atoms with Crippen molar-refractivity contribution in [2.24, 2.45) is 5.10 Å². The molecule has 140 valence electrons. The Labute approximate surface area is 148 Å². The quantitative estimate of drug-likeness (QED) is 0.802. The van der Waals surface area contributed by atoms with Gasteiger partial charge in [-0.15, -0.1) is 0 Å². The molecule has 26 heavy (non-hydrogen) atoms. The van der Waals surface area contributed by atoms with Crippen LogP contribution in [0.5, 0.6) is 0 Å². The second kappa shape index (κ2) is 6.97. The fourth-order valence-electron chi connectivity index (χ4n) is 3.05. The molecule has 9 heteroatoms. The van der Waals surface area contributed by atoms with Crippen molar-refractivity contribution in [1.29, 1.82) is 0 Å². The first-order chi connectivity index (χ1) is 12.3. The third kappa shape index (κ3) is 3.81. The lowest BCUT2D eigenvalue weighted by Crippen LogP contribution is -2.51. The van der Waals surface area contributed by atoms with Gasteiger partial charge in [-0.05, 0) is 18.2 Å². The third-order valence-corrected chi connectivity index (χ3v) is 4.56. The number of alkyl halides is 3. The van der Waals surface area contributed by atoms with Crippen molar-refractivity contribution < 1.29 is 22.8 Å². The van der Waals surface area contributed by atoms with Gasteiger partial charge in [0.05, 0.1) is 5.56 Å². The summed E-state index contributed by atoms with van der Waals surface area (Å²) in [5.41, 5.74) is 0.157. The minimum atomic E-state index is -4.38. The van der Waals surface area contributed by atoms with Crippen LogP contribution in [-0.2, 0) is 15.8 Å². The number of hydrogen-bond donors (Lipinski definition) is 0. The number of benzene rings is 1. The van der Waals surface area contributed by atoms with E-state index in [1.54, 1.807) is 11.0 Å². The maximum atomic E-state index is 12.9. The summed E-state index contributed by atoms with van der Waals surface area (Å²) in [7, 11) is 1.51. The highest BCUT2D eigenvalue weighted by molar-refractivity contribution is 6.39. The molecule has 0 radical (unpaired) electrons. The van der Waals surface area contributed by atoms with Crippen LogP contribution in [0.3, 0.4) is 0 Å². The van der Waals surface area contributed by atoms with E-state index in [2.05, 4.69) is 5.10 Å². The number of amides is 2. The van der Waals surface area contributed by atoms with Gasteiger partial charge in [0.25, 0.3) is 5.91 Å². The summed E-state index contributed by atoms with van der Waals surface area (Å²) < 4.78 is 38.6. The Hall–Kier alpha value is -2.58. The first-order valence-electron chi connectivity index (χ1n) is 8.31. The normalized spacial score (nSPS) is 18.8. The predicted octanol–water partition coefficient (Wildman–Crippen LogP) is 1.96. The number of carbonyl (C=O) groups excluding carboxylic acids is 2. The summed E-state index contributed by atoms with van der Waals surface area (Å²) in [6, 6.07) is 5.20. The summed E-state index contributed by atoms with van der Waals surface area (Å²) in [6.45, 7) is 1.67. The van der Waals surface area contributed by atoms with E-state index in [1.807, 2.05) is 4.90 Å². The average Bonchev–Trinajstić information content (AvgIpc) is 2.63. The van der Waals surface area contributed by atoms with Gasteiger partial charge in [0.15, 0.2) is 0 Å². The fourth-order valence-corrected chi connectivity index (χ4v) is 3.05. The molecule has 1 aromatic rings. The molecule has 6 nitrogen and oxygen atoms in total.